The lowest BCUT2D eigenvalue weighted by molar-refractivity contribution is -0.133. The van der Waals surface area contributed by atoms with Crippen LogP contribution in [0.1, 0.15) is 20.8 Å². The normalized spacial score (nSPS) is 23.9. The first-order valence-electron chi connectivity index (χ1n) is 5.12. The van der Waals surface area contributed by atoms with Gasteiger partial charge in [0.15, 0.2) is 0 Å². The number of carbonyl (C=O) groups excluding carboxylic acids is 1. The van der Waals surface area contributed by atoms with Gasteiger partial charge in [0.25, 0.3) is 0 Å². The molecule has 3 nitrogen and oxygen atoms in total. The standard InChI is InChI=1S/C10H20N2OS/c1-7(2)8(3)12(4)10(13)9-5-14-6-11-9/h7-9,11H,5-6H2,1-4H3. The average molecular weight is 216 g/mol. The lowest BCUT2D eigenvalue weighted by Crippen LogP contribution is -2.48. The molecule has 1 aliphatic heterocycles. The third-order valence-electron chi connectivity index (χ3n) is 2.94. The van der Waals surface area contributed by atoms with Crippen molar-refractivity contribution in [3.8, 4) is 0 Å². The molecule has 1 saturated heterocycles. The van der Waals surface area contributed by atoms with Crippen molar-refractivity contribution in [2.75, 3.05) is 18.7 Å². The summed E-state index contributed by atoms with van der Waals surface area (Å²) in [5.74, 6) is 2.56. The maximum Gasteiger partial charge on any atom is 0.240 e. The van der Waals surface area contributed by atoms with E-state index >= 15 is 0 Å². The van der Waals surface area contributed by atoms with Crippen molar-refractivity contribution in [2.45, 2.75) is 32.9 Å². The number of amides is 1. The Bertz CT molecular complexity index is 202. The smallest absolute Gasteiger partial charge is 0.240 e. The Labute approximate surface area is 90.6 Å². The van der Waals surface area contributed by atoms with Crippen LogP contribution in [-0.4, -0.2) is 41.6 Å². The summed E-state index contributed by atoms with van der Waals surface area (Å²) in [5.41, 5.74) is 0. The summed E-state index contributed by atoms with van der Waals surface area (Å²) in [7, 11) is 1.90. The van der Waals surface area contributed by atoms with E-state index in [4.69, 9.17) is 0 Å². The van der Waals surface area contributed by atoms with Crippen LogP contribution in [0.4, 0.5) is 0 Å². The summed E-state index contributed by atoms with van der Waals surface area (Å²) < 4.78 is 0. The molecule has 0 radical (unpaired) electrons. The zero-order valence-electron chi connectivity index (χ0n) is 9.41. The van der Waals surface area contributed by atoms with E-state index in [9.17, 15) is 4.79 Å². The number of rotatable bonds is 3. The van der Waals surface area contributed by atoms with Crippen LogP contribution in [-0.2, 0) is 4.79 Å². The molecule has 0 aliphatic carbocycles. The van der Waals surface area contributed by atoms with Crippen LogP contribution in [0.5, 0.6) is 0 Å². The Balaban J connectivity index is 2.50. The first-order chi connectivity index (χ1) is 6.54. The summed E-state index contributed by atoms with van der Waals surface area (Å²) in [6.07, 6.45) is 0. The van der Waals surface area contributed by atoms with E-state index in [1.165, 1.54) is 0 Å². The Morgan fingerprint density at radius 3 is 2.57 bits per heavy atom. The molecule has 1 heterocycles. The summed E-state index contributed by atoms with van der Waals surface area (Å²) in [6, 6.07) is 0.348. The molecule has 0 aromatic rings. The second-order valence-corrected chi connectivity index (χ2v) is 5.24. The van der Waals surface area contributed by atoms with Gasteiger partial charge in [-0.1, -0.05) is 13.8 Å². The van der Waals surface area contributed by atoms with Gasteiger partial charge in [0.1, 0.15) is 0 Å². The molecule has 4 heteroatoms. The van der Waals surface area contributed by atoms with Crippen LogP contribution in [0, 0.1) is 5.92 Å². The summed E-state index contributed by atoms with van der Waals surface area (Å²) >= 11 is 1.79. The fourth-order valence-electron chi connectivity index (χ4n) is 1.45. The number of nitrogens with zero attached hydrogens (tertiary/aromatic N) is 1. The Morgan fingerprint density at radius 2 is 2.14 bits per heavy atom. The number of hydrogen-bond acceptors (Lipinski definition) is 3. The molecule has 0 aromatic carbocycles. The van der Waals surface area contributed by atoms with Gasteiger partial charge in [-0.3, -0.25) is 10.1 Å². The van der Waals surface area contributed by atoms with Gasteiger partial charge < -0.3 is 4.90 Å². The van der Waals surface area contributed by atoms with Crippen molar-refractivity contribution < 1.29 is 4.79 Å². The maximum atomic E-state index is 11.9. The van der Waals surface area contributed by atoms with Gasteiger partial charge in [-0.05, 0) is 12.8 Å². The van der Waals surface area contributed by atoms with E-state index < -0.39 is 0 Å². The van der Waals surface area contributed by atoms with Gasteiger partial charge in [-0.2, -0.15) is 0 Å². The molecule has 0 bridgehead atoms. The molecule has 2 unspecified atom stereocenters. The highest BCUT2D eigenvalue weighted by atomic mass is 32.2. The second kappa shape index (κ2) is 5.03. The molecule has 1 rings (SSSR count). The zero-order chi connectivity index (χ0) is 10.7. The monoisotopic (exact) mass is 216 g/mol. The molecule has 2 atom stereocenters. The Kier molecular flexibility index (Phi) is 4.26. The van der Waals surface area contributed by atoms with Gasteiger partial charge >= 0.3 is 0 Å². The first kappa shape index (κ1) is 11.9. The number of hydrogen-bond donors (Lipinski definition) is 1. The van der Waals surface area contributed by atoms with E-state index in [0.29, 0.717) is 12.0 Å². The van der Waals surface area contributed by atoms with Crippen molar-refractivity contribution in [2.24, 2.45) is 5.92 Å². The number of likely N-dealkylation sites (N-methyl/N-ethyl adjacent to an activating group) is 1. The van der Waals surface area contributed by atoms with Crippen LogP contribution in [0.3, 0.4) is 0 Å². The van der Waals surface area contributed by atoms with Crippen LogP contribution in [0.25, 0.3) is 0 Å². The molecular formula is C10H20N2OS. The van der Waals surface area contributed by atoms with Crippen LogP contribution in [0.2, 0.25) is 0 Å². The first-order valence-corrected chi connectivity index (χ1v) is 6.27. The Morgan fingerprint density at radius 1 is 1.50 bits per heavy atom. The van der Waals surface area contributed by atoms with Crippen molar-refractivity contribution >= 4 is 17.7 Å². The van der Waals surface area contributed by atoms with Crippen LogP contribution < -0.4 is 5.32 Å². The molecule has 0 aromatic heterocycles. The largest absolute Gasteiger partial charge is 0.341 e. The van der Waals surface area contributed by atoms with E-state index in [0.717, 1.165) is 11.6 Å². The van der Waals surface area contributed by atoms with Crippen molar-refractivity contribution in [1.29, 1.82) is 0 Å². The maximum absolute atomic E-state index is 11.9. The highest BCUT2D eigenvalue weighted by Crippen LogP contribution is 2.15. The third kappa shape index (κ3) is 2.64. The predicted molar refractivity (Wildman–Crippen MR) is 61.3 cm³/mol. The van der Waals surface area contributed by atoms with Crippen molar-refractivity contribution in [1.82, 2.24) is 10.2 Å². The topological polar surface area (TPSA) is 32.3 Å². The minimum atomic E-state index is 0.0335. The molecule has 1 N–H and O–H groups in total. The van der Waals surface area contributed by atoms with Crippen LogP contribution in [0.15, 0.2) is 0 Å². The zero-order valence-corrected chi connectivity index (χ0v) is 10.2. The van der Waals surface area contributed by atoms with Gasteiger partial charge in [0.2, 0.25) is 5.91 Å². The SMILES string of the molecule is CC(C)C(C)N(C)C(=O)C1CSCN1. The van der Waals surface area contributed by atoms with Gasteiger partial charge in [-0.25, -0.2) is 0 Å². The molecule has 0 spiro atoms. The third-order valence-corrected chi connectivity index (χ3v) is 3.88. The van der Waals surface area contributed by atoms with Gasteiger partial charge in [-0.15, -0.1) is 11.8 Å². The number of nitrogens with one attached hydrogen (secondary N) is 1. The lowest BCUT2D eigenvalue weighted by atomic mass is 10.0. The van der Waals surface area contributed by atoms with Gasteiger partial charge in [0, 0.05) is 24.7 Å². The molecule has 0 saturated carbocycles. The summed E-state index contributed by atoms with van der Waals surface area (Å²) in [4.78, 5) is 13.8. The minimum absolute atomic E-state index is 0.0335. The van der Waals surface area contributed by atoms with E-state index in [-0.39, 0.29) is 11.9 Å². The van der Waals surface area contributed by atoms with Gasteiger partial charge in [0.05, 0.1) is 6.04 Å². The molecule has 1 fully saturated rings. The molecular weight excluding hydrogens is 196 g/mol. The van der Waals surface area contributed by atoms with E-state index in [1.807, 2.05) is 11.9 Å². The minimum Gasteiger partial charge on any atom is -0.341 e. The van der Waals surface area contributed by atoms with Crippen molar-refractivity contribution in [3.05, 3.63) is 0 Å². The predicted octanol–water partition coefficient (Wildman–Crippen LogP) is 1.15. The number of carbonyl (C=O) groups is 1. The van der Waals surface area contributed by atoms with Crippen molar-refractivity contribution in [3.63, 3.8) is 0 Å². The van der Waals surface area contributed by atoms with E-state index in [2.05, 4.69) is 26.1 Å². The summed E-state index contributed by atoms with van der Waals surface area (Å²) in [6.45, 7) is 6.39. The number of thioether (sulfide) groups is 1. The summed E-state index contributed by atoms with van der Waals surface area (Å²) in [5, 5.41) is 3.20. The van der Waals surface area contributed by atoms with E-state index in [1.54, 1.807) is 11.8 Å². The molecule has 1 aliphatic rings. The highest BCUT2D eigenvalue weighted by molar-refractivity contribution is 7.99. The van der Waals surface area contributed by atoms with Crippen LogP contribution >= 0.6 is 11.8 Å². The molecule has 14 heavy (non-hydrogen) atoms. The Hall–Kier alpha value is -0.220. The molecule has 82 valence electrons. The fraction of sp³-hybridized carbons (Fsp3) is 0.900. The lowest BCUT2D eigenvalue weighted by Gasteiger charge is -2.30. The molecule has 1 amide bonds. The average Bonchev–Trinajstić information content (AvgIpc) is 2.67. The highest BCUT2D eigenvalue weighted by Gasteiger charge is 2.28. The fourth-order valence-corrected chi connectivity index (χ4v) is 2.38. The quantitative estimate of drug-likeness (QED) is 0.768. The second-order valence-electron chi connectivity index (χ2n) is 4.21.